The maximum Gasteiger partial charge on any atom is 0.209 e. The zero-order valence-electron chi connectivity index (χ0n) is 13.1. The molecule has 1 rings (SSSR count). The molecule has 106 valence electrons. The highest BCUT2D eigenvalue weighted by atomic mass is 16.1. The molecular formula is C15H30N2O. The molecule has 0 saturated carbocycles. The van der Waals surface area contributed by atoms with Crippen LogP contribution in [0.5, 0.6) is 0 Å². The van der Waals surface area contributed by atoms with Crippen LogP contribution < -0.4 is 5.32 Å². The van der Waals surface area contributed by atoms with Gasteiger partial charge in [-0.25, -0.2) is 0 Å². The minimum absolute atomic E-state index is 0.0889. The molecule has 1 N–H and O–H groups in total. The molecule has 0 aromatic carbocycles. The van der Waals surface area contributed by atoms with Gasteiger partial charge in [-0.05, 0) is 46.0 Å². The van der Waals surface area contributed by atoms with Gasteiger partial charge in [0.25, 0.3) is 0 Å². The topological polar surface area (TPSA) is 32.3 Å². The van der Waals surface area contributed by atoms with Crippen LogP contribution in [0.25, 0.3) is 0 Å². The maximum absolute atomic E-state index is 11.4. The molecule has 0 atom stereocenters. The summed E-state index contributed by atoms with van der Waals surface area (Å²) in [5.74, 6) is 0. The summed E-state index contributed by atoms with van der Waals surface area (Å²) in [6.07, 6.45) is 3.07. The van der Waals surface area contributed by atoms with Gasteiger partial charge >= 0.3 is 0 Å². The number of carbonyl (C=O) groups excluding carboxylic acids is 1. The van der Waals surface area contributed by atoms with Crippen LogP contribution >= 0.6 is 0 Å². The highest BCUT2D eigenvalue weighted by molar-refractivity contribution is 5.48. The molecule has 3 nitrogen and oxygen atoms in total. The second-order valence-corrected chi connectivity index (χ2v) is 8.29. The lowest BCUT2D eigenvalue weighted by Crippen LogP contribution is -2.62. The molecule has 1 heterocycles. The summed E-state index contributed by atoms with van der Waals surface area (Å²) in [6.45, 7) is 16.3. The molecule has 3 heteroatoms. The lowest BCUT2D eigenvalue weighted by atomic mass is 9.78. The average Bonchev–Trinajstić information content (AvgIpc) is 2.07. The monoisotopic (exact) mass is 254 g/mol. The Kier molecular flexibility index (Phi) is 4.16. The Balaban J connectivity index is 2.83. The van der Waals surface area contributed by atoms with Gasteiger partial charge in [0.15, 0.2) is 0 Å². The van der Waals surface area contributed by atoms with Crippen LogP contribution in [0.4, 0.5) is 0 Å². The van der Waals surface area contributed by atoms with E-state index >= 15 is 0 Å². The fourth-order valence-electron chi connectivity index (χ4n) is 3.30. The van der Waals surface area contributed by atoms with E-state index in [4.69, 9.17) is 0 Å². The quantitative estimate of drug-likeness (QED) is 0.786. The third-order valence-corrected chi connectivity index (χ3v) is 3.43. The van der Waals surface area contributed by atoms with Gasteiger partial charge in [0, 0.05) is 23.7 Å². The van der Waals surface area contributed by atoms with E-state index in [9.17, 15) is 4.79 Å². The summed E-state index contributed by atoms with van der Waals surface area (Å²) < 4.78 is 0. The molecule has 1 amide bonds. The second-order valence-electron chi connectivity index (χ2n) is 8.29. The van der Waals surface area contributed by atoms with Gasteiger partial charge in [-0.15, -0.1) is 0 Å². The Morgan fingerprint density at radius 2 is 1.61 bits per heavy atom. The van der Waals surface area contributed by atoms with E-state index in [0.29, 0.717) is 6.04 Å². The van der Waals surface area contributed by atoms with Gasteiger partial charge < -0.3 is 10.2 Å². The van der Waals surface area contributed by atoms with Crippen molar-refractivity contribution in [2.45, 2.75) is 78.4 Å². The largest absolute Gasteiger partial charge is 0.342 e. The first-order valence-electron chi connectivity index (χ1n) is 6.95. The summed E-state index contributed by atoms with van der Waals surface area (Å²) >= 11 is 0. The van der Waals surface area contributed by atoms with Crippen LogP contribution in [-0.2, 0) is 4.79 Å². The summed E-state index contributed by atoms with van der Waals surface area (Å²) in [5.41, 5.74) is 0.331. The van der Waals surface area contributed by atoms with Gasteiger partial charge in [-0.3, -0.25) is 4.79 Å². The second kappa shape index (κ2) is 4.84. The molecule has 1 aliphatic rings. The number of nitrogens with zero attached hydrogens (tertiary/aromatic N) is 1. The van der Waals surface area contributed by atoms with Crippen molar-refractivity contribution in [2.75, 3.05) is 6.54 Å². The first-order chi connectivity index (χ1) is 7.94. The zero-order valence-corrected chi connectivity index (χ0v) is 13.1. The standard InChI is InChI=1S/C15H30N2O/c1-13(2,3)10-17(11-18)12-8-14(4,5)16-15(6,7)9-12/h11-12,16H,8-10H2,1-7H3. The Morgan fingerprint density at radius 3 is 1.94 bits per heavy atom. The van der Waals surface area contributed by atoms with E-state index in [1.165, 1.54) is 0 Å². The van der Waals surface area contributed by atoms with Gasteiger partial charge in [0.1, 0.15) is 0 Å². The summed E-state index contributed by atoms with van der Waals surface area (Å²) in [4.78, 5) is 13.4. The van der Waals surface area contributed by atoms with Crippen molar-refractivity contribution in [3.05, 3.63) is 0 Å². The van der Waals surface area contributed by atoms with E-state index in [-0.39, 0.29) is 16.5 Å². The Bertz CT molecular complexity index is 286. The van der Waals surface area contributed by atoms with Crippen molar-refractivity contribution in [1.82, 2.24) is 10.2 Å². The summed E-state index contributed by atoms with van der Waals surface area (Å²) in [6, 6.07) is 0.341. The SMILES string of the molecule is CC(C)(C)CN(C=O)C1CC(C)(C)NC(C)(C)C1. The number of piperidine rings is 1. The van der Waals surface area contributed by atoms with Crippen LogP contribution in [0.1, 0.15) is 61.3 Å². The van der Waals surface area contributed by atoms with E-state index in [1.54, 1.807) is 0 Å². The van der Waals surface area contributed by atoms with E-state index in [2.05, 4.69) is 53.8 Å². The van der Waals surface area contributed by atoms with E-state index in [1.807, 2.05) is 4.90 Å². The lowest BCUT2D eigenvalue weighted by molar-refractivity contribution is -0.123. The molecule has 0 aromatic rings. The van der Waals surface area contributed by atoms with Crippen molar-refractivity contribution in [2.24, 2.45) is 5.41 Å². The molecule has 0 aromatic heterocycles. The minimum Gasteiger partial charge on any atom is -0.342 e. The van der Waals surface area contributed by atoms with Crippen LogP contribution in [0, 0.1) is 5.41 Å². The molecule has 0 bridgehead atoms. The van der Waals surface area contributed by atoms with Crippen LogP contribution in [0.3, 0.4) is 0 Å². The number of nitrogens with one attached hydrogen (secondary N) is 1. The van der Waals surface area contributed by atoms with Crippen LogP contribution in [-0.4, -0.2) is 35.0 Å². The van der Waals surface area contributed by atoms with Gasteiger partial charge in [0.2, 0.25) is 6.41 Å². The van der Waals surface area contributed by atoms with Crippen molar-refractivity contribution in [1.29, 1.82) is 0 Å². The van der Waals surface area contributed by atoms with Crippen LogP contribution in [0.15, 0.2) is 0 Å². The number of hydrogen-bond acceptors (Lipinski definition) is 2. The molecule has 18 heavy (non-hydrogen) atoms. The van der Waals surface area contributed by atoms with Crippen molar-refractivity contribution in [3.8, 4) is 0 Å². The molecule has 0 aliphatic carbocycles. The Morgan fingerprint density at radius 1 is 1.17 bits per heavy atom. The minimum atomic E-state index is 0.0889. The fourth-order valence-corrected chi connectivity index (χ4v) is 3.30. The Labute approximate surface area is 112 Å². The fraction of sp³-hybridized carbons (Fsp3) is 0.933. The van der Waals surface area contributed by atoms with Gasteiger partial charge in [-0.2, -0.15) is 0 Å². The smallest absolute Gasteiger partial charge is 0.209 e. The molecule has 1 saturated heterocycles. The highest BCUT2D eigenvalue weighted by Gasteiger charge is 2.40. The highest BCUT2D eigenvalue weighted by Crippen LogP contribution is 2.32. The first-order valence-corrected chi connectivity index (χ1v) is 6.95. The molecule has 0 unspecified atom stereocenters. The molecular weight excluding hydrogens is 224 g/mol. The molecule has 1 aliphatic heterocycles. The van der Waals surface area contributed by atoms with Crippen LogP contribution in [0.2, 0.25) is 0 Å². The number of amides is 1. The lowest BCUT2D eigenvalue weighted by Gasteiger charge is -2.49. The average molecular weight is 254 g/mol. The zero-order chi connectivity index (χ0) is 14.2. The predicted octanol–water partition coefficient (Wildman–Crippen LogP) is 2.80. The third-order valence-electron chi connectivity index (χ3n) is 3.43. The number of hydrogen-bond donors (Lipinski definition) is 1. The number of rotatable bonds is 3. The summed E-state index contributed by atoms with van der Waals surface area (Å²) in [5, 5.41) is 3.66. The normalized spacial score (nSPS) is 23.7. The molecule has 0 radical (unpaired) electrons. The first kappa shape index (κ1) is 15.5. The molecule has 1 fully saturated rings. The Hall–Kier alpha value is -0.570. The predicted molar refractivity (Wildman–Crippen MR) is 76.5 cm³/mol. The summed E-state index contributed by atoms with van der Waals surface area (Å²) in [7, 11) is 0. The van der Waals surface area contributed by atoms with E-state index < -0.39 is 0 Å². The van der Waals surface area contributed by atoms with Gasteiger partial charge in [0.05, 0.1) is 0 Å². The van der Waals surface area contributed by atoms with Crippen molar-refractivity contribution >= 4 is 6.41 Å². The third kappa shape index (κ3) is 4.60. The van der Waals surface area contributed by atoms with E-state index in [0.717, 1.165) is 25.8 Å². The van der Waals surface area contributed by atoms with Gasteiger partial charge in [-0.1, -0.05) is 20.8 Å². The van der Waals surface area contributed by atoms with Crippen molar-refractivity contribution in [3.63, 3.8) is 0 Å². The molecule has 0 spiro atoms. The number of carbonyl (C=O) groups is 1. The maximum atomic E-state index is 11.4. The van der Waals surface area contributed by atoms with Crippen molar-refractivity contribution < 1.29 is 4.79 Å².